The molecule has 0 bridgehead atoms. The van der Waals surface area contributed by atoms with Gasteiger partial charge < -0.3 is 10.2 Å². The summed E-state index contributed by atoms with van der Waals surface area (Å²) in [6.45, 7) is 0.307. The summed E-state index contributed by atoms with van der Waals surface area (Å²) >= 11 is 0.977. The third kappa shape index (κ3) is 3.90. The highest BCUT2D eigenvalue weighted by Gasteiger charge is 2.35. The summed E-state index contributed by atoms with van der Waals surface area (Å²) in [6, 6.07) is 8.12. The van der Waals surface area contributed by atoms with Gasteiger partial charge in [-0.1, -0.05) is 23.5 Å². The van der Waals surface area contributed by atoms with Crippen molar-refractivity contribution in [3.05, 3.63) is 75.5 Å². The van der Waals surface area contributed by atoms with E-state index >= 15 is 0 Å². The molecule has 0 radical (unpaired) electrons. The molecule has 0 spiro atoms. The average Bonchev–Trinajstić information content (AvgIpc) is 3.37. The monoisotopic (exact) mass is 432 g/mol. The summed E-state index contributed by atoms with van der Waals surface area (Å²) in [5.41, 5.74) is -0.345. The number of halogens is 3. The van der Waals surface area contributed by atoms with Crippen molar-refractivity contribution >= 4 is 28.8 Å². The Hall–Kier alpha value is -3.27. The van der Waals surface area contributed by atoms with Crippen LogP contribution in [0.2, 0.25) is 0 Å². The quantitative estimate of drug-likeness (QED) is 0.671. The summed E-state index contributed by atoms with van der Waals surface area (Å²) in [5.74, 6) is -3.70. The van der Waals surface area contributed by atoms with Crippen molar-refractivity contribution < 1.29 is 22.8 Å². The number of aromatic nitrogens is 2. The molecule has 10 heteroatoms. The fourth-order valence-electron chi connectivity index (χ4n) is 3.32. The standard InChI is InChI=1S/C20H15F3N4O2S/c21-11-4-1-5-12(10-11)24-17(28)19-26-25-18(30-19)15-8-3-9-27(15)20(29)16-13(22)6-2-7-14(16)23/h1-2,4-7,10,15H,3,8-9H2,(H,24,28)/t15-/m0/s1. The minimum atomic E-state index is -0.932. The lowest BCUT2D eigenvalue weighted by atomic mass is 10.1. The smallest absolute Gasteiger partial charge is 0.286 e. The number of benzene rings is 2. The molecule has 4 rings (SSSR count). The SMILES string of the molecule is O=C(Nc1cccc(F)c1)c1nnc([C@@H]2CCCN2C(=O)c2c(F)cccc2F)s1. The molecular formula is C20H15F3N4O2S. The van der Waals surface area contributed by atoms with Crippen LogP contribution in [0, 0.1) is 17.5 Å². The van der Waals surface area contributed by atoms with Gasteiger partial charge in [0.25, 0.3) is 11.8 Å². The molecule has 0 unspecified atom stereocenters. The number of nitrogens with one attached hydrogen (secondary N) is 1. The van der Waals surface area contributed by atoms with E-state index in [1.807, 2.05) is 0 Å². The Morgan fingerprint density at radius 3 is 2.53 bits per heavy atom. The normalized spacial score (nSPS) is 16.0. The Labute approximate surface area is 173 Å². The van der Waals surface area contributed by atoms with Crippen LogP contribution in [0.25, 0.3) is 0 Å². The number of hydrogen-bond acceptors (Lipinski definition) is 5. The maximum absolute atomic E-state index is 14.0. The molecule has 3 aromatic rings. The molecular weight excluding hydrogens is 417 g/mol. The van der Waals surface area contributed by atoms with Gasteiger partial charge in [0.2, 0.25) is 5.01 Å². The largest absolute Gasteiger partial charge is 0.329 e. The van der Waals surface area contributed by atoms with E-state index in [0.717, 1.165) is 23.5 Å². The Morgan fingerprint density at radius 1 is 1.07 bits per heavy atom. The van der Waals surface area contributed by atoms with Crippen LogP contribution in [-0.4, -0.2) is 33.5 Å². The minimum absolute atomic E-state index is 0.0330. The molecule has 1 aliphatic heterocycles. The van der Waals surface area contributed by atoms with Gasteiger partial charge in [-0.3, -0.25) is 9.59 Å². The van der Waals surface area contributed by atoms with E-state index < -0.39 is 40.9 Å². The molecule has 1 saturated heterocycles. The lowest BCUT2D eigenvalue weighted by Gasteiger charge is -2.23. The Balaban J connectivity index is 1.53. The van der Waals surface area contributed by atoms with Crippen LogP contribution < -0.4 is 5.32 Å². The van der Waals surface area contributed by atoms with E-state index in [1.165, 1.54) is 35.2 Å². The van der Waals surface area contributed by atoms with Crippen molar-refractivity contribution in [2.24, 2.45) is 0 Å². The van der Waals surface area contributed by atoms with Crippen LogP contribution in [0.1, 0.15) is 44.1 Å². The summed E-state index contributed by atoms with van der Waals surface area (Å²) < 4.78 is 41.3. The molecule has 2 amide bonds. The molecule has 2 heterocycles. The number of likely N-dealkylation sites (tertiary alicyclic amines) is 1. The molecule has 0 aliphatic carbocycles. The highest BCUT2D eigenvalue weighted by Crippen LogP contribution is 2.35. The number of rotatable bonds is 4. The van der Waals surface area contributed by atoms with E-state index in [9.17, 15) is 22.8 Å². The average molecular weight is 432 g/mol. The number of amides is 2. The molecule has 0 saturated carbocycles. The first-order chi connectivity index (χ1) is 14.4. The van der Waals surface area contributed by atoms with Crippen LogP contribution in [0.4, 0.5) is 18.9 Å². The van der Waals surface area contributed by atoms with E-state index in [0.29, 0.717) is 24.4 Å². The summed E-state index contributed by atoms with van der Waals surface area (Å²) in [5, 5.41) is 10.8. The van der Waals surface area contributed by atoms with Crippen LogP contribution >= 0.6 is 11.3 Å². The first kappa shape index (κ1) is 20.0. The van der Waals surface area contributed by atoms with E-state index in [1.54, 1.807) is 0 Å². The van der Waals surface area contributed by atoms with Gasteiger partial charge >= 0.3 is 0 Å². The summed E-state index contributed by atoms with van der Waals surface area (Å²) in [7, 11) is 0. The molecule has 6 nitrogen and oxygen atoms in total. The fraction of sp³-hybridized carbons (Fsp3) is 0.200. The third-order valence-corrected chi connectivity index (χ3v) is 5.72. The highest BCUT2D eigenvalue weighted by molar-refractivity contribution is 7.13. The van der Waals surface area contributed by atoms with Gasteiger partial charge in [0, 0.05) is 12.2 Å². The zero-order chi connectivity index (χ0) is 21.3. The van der Waals surface area contributed by atoms with Gasteiger partial charge in [0.05, 0.1) is 6.04 Å². The molecule has 1 N–H and O–H groups in total. The van der Waals surface area contributed by atoms with Crippen LogP contribution in [-0.2, 0) is 0 Å². The lowest BCUT2D eigenvalue weighted by molar-refractivity contribution is 0.0725. The molecule has 1 aliphatic rings. The van der Waals surface area contributed by atoms with Crippen molar-refractivity contribution in [1.29, 1.82) is 0 Å². The minimum Gasteiger partial charge on any atom is -0.329 e. The zero-order valence-electron chi connectivity index (χ0n) is 15.4. The molecule has 1 aromatic heterocycles. The number of carbonyl (C=O) groups excluding carboxylic acids is 2. The number of carbonyl (C=O) groups is 2. The number of anilines is 1. The van der Waals surface area contributed by atoms with Crippen molar-refractivity contribution in [2.45, 2.75) is 18.9 Å². The number of hydrogen-bond donors (Lipinski definition) is 1. The number of nitrogens with zero attached hydrogens (tertiary/aromatic N) is 3. The Kier molecular flexibility index (Phi) is 5.49. The summed E-state index contributed by atoms with van der Waals surface area (Å²) in [4.78, 5) is 26.5. The van der Waals surface area contributed by atoms with Gasteiger partial charge in [-0.2, -0.15) is 0 Å². The second kappa shape index (κ2) is 8.23. The second-order valence-electron chi connectivity index (χ2n) is 6.66. The Bertz CT molecular complexity index is 1100. The van der Waals surface area contributed by atoms with Crippen LogP contribution in [0.5, 0.6) is 0 Å². The molecule has 30 heavy (non-hydrogen) atoms. The van der Waals surface area contributed by atoms with E-state index in [2.05, 4.69) is 15.5 Å². The van der Waals surface area contributed by atoms with Gasteiger partial charge in [-0.05, 0) is 43.2 Å². The molecule has 1 fully saturated rings. The zero-order valence-corrected chi connectivity index (χ0v) is 16.3. The summed E-state index contributed by atoms with van der Waals surface area (Å²) in [6.07, 6.45) is 1.15. The predicted molar refractivity (Wildman–Crippen MR) is 104 cm³/mol. The maximum atomic E-state index is 14.0. The maximum Gasteiger partial charge on any atom is 0.286 e. The van der Waals surface area contributed by atoms with Gasteiger partial charge in [-0.15, -0.1) is 10.2 Å². The fourth-order valence-corrected chi connectivity index (χ4v) is 4.21. The van der Waals surface area contributed by atoms with E-state index in [-0.39, 0.29) is 10.7 Å². The Morgan fingerprint density at radius 2 is 1.80 bits per heavy atom. The van der Waals surface area contributed by atoms with Crippen LogP contribution in [0.15, 0.2) is 42.5 Å². The predicted octanol–water partition coefficient (Wildman–Crippen LogP) is 4.19. The molecule has 2 aromatic carbocycles. The first-order valence-electron chi connectivity index (χ1n) is 9.09. The third-order valence-electron chi connectivity index (χ3n) is 4.69. The lowest BCUT2D eigenvalue weighted by Crippen LogP contribution is -2.32. The molecule has 1 atom stereocenters. The second-order valence-corrected chi connectivity index (χ2v) is 7.67. The van der Waals surface area contributed by atoms with Crippen molar-refractivity contribution in [2.75, 3.05) is 11.9 Å². The van der Waals surface area contributed by atoms with Gasteiger partial charge in [0.15, 0.2) is 0 Å². The highest BCUT2D eigenvalue weighted by atomic mass is 32.1. The van der Waals surface area contributed by atoms with Crippen molar-refractivity contribution in [3.8, 4) is 0 Å². The first-order valence-corrected chi connectivity index (χ1v) is 9.91. The van der Waals surface area contributed by atoms with Crippen molar-refractivity contribution in [3.63, 3.8) is 0 Å². The van der Waals surface area contributed by atoms with Gasteiger partial charge in [-0.25, -0.2) is 13.2 Å². The van der Waals surface area contributed by atoms with E-state index in [4.69, 9.17) is 0 Å². The van der Waals surface area contributed by atoms with Crippen molar-refractivity contribution in [1.82, 2.24) is 15.1 Å². The molecule has 154 valence electrons. The van der Waals surface area contributed by atoms with Crippen LogP contribution in [0.3, 0.4) is 0 Å². The van der Waals surface area contributed by atoms with Gasteiger partial charge in [0.1, 0.15) is 28.0 Å². The topological polar surface area (TPSA) is 75.2 Å².